The van der Waals surface area contributed by atoms with Crippen LogP contribution in [0.4, 0.5) is 5.69 Å². The van der Waals surface area contributed by atoms with Crippen molar-refractivity contribution in [3.8, 4) is 11.1 Å². The molecule has 0 spiro atoms. The van der Waals surface area contributed by atoms with Gasteiger partial charge in [-0.05, 0) is 121 Å². The molecule has 4 aliphatic carbocycles. The summed E-state index contributed by atoms with van der Waals surface area (Å²) in [6.45, 7) is 8.29. The molecule has 51 heavy (non-hydrogen) atoms. The van der Waals surface area contributed by atoms with Gasteiger partial charge in [0, 0.05) is 80.8 Å². The fraction of sp³-hybridized carbons (Fsp3) is 0.489. The third-order valence-electron chi connectivity index (χ3n) is 13.7. The summed E-state index contributed by atoms with van der Waals surface area (Å²) in [5.41, 5.74) is 13.1. The molecule has 2 N–H and O–H groups in total. The summed E-state index contributed by atoms with van der Waals surface area (Å²) in [5.74, 6) is 1.43. The maximum atomic E-state index is 4.00. The van der Waals surface area contributed by atoms with Gasteiger partial charge < -0.3 is 15.5 Å². The molecule has 4 fully saturated rings. The van der Waals surface area contributed by atoms with Gasteiger partial charge >= 0.3 is 0 Å². The molecule has 4 atom stereocenters. The minimum absolute atomic E-state index is 0.450. The summed E-state index contributed by atoms with van der Waals surface area (Å²) >= 11 is 0. The van der Waals surface area contributed by atoms with Crippen LogP contribution < -0.4 is 15.5 Å². The number of nitrogens with one attached hydrogen (secondary N) is 2. The Morgan fingerprint density at radius 3 is 1.94 bits per heavy atom. The van der Waals surface area contributed by atoms with Crippen molar-refractivity contribution < 1.29 is 0 Å². The van der Waals surface area contributed by atoms with E-state index in [0.29, 0.717) is 28.8 Å². The van der Waals surface area contributed by atoms with Gasteiger partial charge in [0.05, 0.1) is 0 Å². The molecule has 0 amide bonds. The van der Waals surface area contributed by atoms with Crippen molar-refractivity contribution in [2.45, 2.75) is 94.7 Å². The molecule has 264 valence electrons. The lowest BCUT2D eigenvalue weighted by atomic mass is 9.89. The number of benzene rings is 4. The Hall–Kier alpha value is -3.44. The van der Waals surface area contributed by atoms with E-state index in [2.05, 4.69) is 117 Å². The number of hydrogen-bond donors (Lipinski definition) is 2. The Balaban J connectivity index is 0.774. The van der Waals surface area contributed by atoms with E-state index < -0.39 is 0 Å². The number of rotatable bonds is 13. The van der Waals surface area contributed by atoms with Crippen LogP contribution >= 0.6 is 0 Å². The third kappa shape index (κ3) is 6.92. The molecule has 0 radical (unpaired) electrons. The number of anilines is 1. The first-order valence-electron chi connectivity index (χ1n) is 20.4. The fourth-order valence-electron chi connectivity index (χ4n) is 9.93. The molecule has 1 unspecified atom stereocenters. The highest BCUT2D eigenvalue weighted by atomic mass is 15.2. The van der Waals surface area contributed by atoms with Gasteiger partial charge in [-0.25, -0.2) is 0 Å². The molecule has 4 saturated carbocycles. The van der Waals surface area contributed by atoms with Crippen LogP contribution in [0.1, 0.15) is 91.0 Å². The molecule has 10 rings (SSSR count). The lowest BCUT2D eigenvalue weighted by Gasteiger charge is -2.33. The topological polar surface area (TPSA) is 30.5 Å². The van der Waals surface area contributed by atoms with Crippen LogP contribution in [0.3, 0.4) is 0 Å². The normalized spacial score (nSPS) is 26.9. The Kier molecular flexibility index (Phi) is 8.34. The molecule has 0 aromatic heterocycles. The number of nitrogens with zero attached hydrogens (tertiary/aromatic N) is 2. The highest BCUT2D eigenvalue weighted by molar-refractivity contribution is 5.73. The van der Waals surface area contributed by atoms with Crippen molar-refractivity contribution in [2.24, 2.45) is 10.8 Å². The maximum absolute atomic E-state index is 4.00. The monoisotopic (exact) mass is 676 g/mol. The van der Waals surface area contributed by atoms with Gasteiger partial charge in [-0.1, -0.05) is 84.9 Å². The highest BCUT2D eigenvalue weighted by Gasteiger charge is 2.48. The van der Waals surface area contributed by atoms with Crippen LogP contribution in [0.15, 0.2) is 97.1 Å². The Bertz CT molecular complexity index is 1840. The Labute approximate surface area is 306 Å². The number of fused-ring (bicyclic) bond motifs is 2. The van der Waals surface area contributed by atoms with Gasteiger partial charge in [0.15, 0.2) is 0 Å². The number of hydrogen-bond acceptors (Lipinski definition) is 4. The van der Waals surface area contributed by atoms with Gasteiger partial charge in [0.25, 0.3) is 0 Å². The Morgan fingerprint density at radius 1 is 0.608 bits per heavy atom. The van der Waals surface area contributed by atoms with Crippen molar-refractivity contribution in [2.75, 3.05) is 44.2 Å². The SMILES string of the molecule is c1ccc(C2C[C@@H]2NCC2(CN3CCCCc4cc(-c5cccc6c5CCN(CC5(CN[C@H]7C[C@@H]7c7ccccc7)CC5)C6)ccc43)CC2)cc1. The predicted octanol–water partition coefficient (Wildman–Crippen LogP) is 8.71. The van der Waals surface area contributed by atoms with Gasteiger partial charge in [-0.15, -0.1) is 0 Å². The van der Waals surface area contributed by atoms with Gasteiger partial charge in [0.1, 0.15) is 0 Å². The molecule has 2 heterocycles. The average Bonchev–Trinajstić information content (AvgIpc) is 3.97. The van der Waals surface area contributed by atoms with Crippen LogP contribution in [0.2, 0.25) is 0 Å². The van der Waals surface area contributed by atoms with Crippen LogP contribution in [-0.2, 0) is 19.4 Å². The van der Waals surface area contributed by atoms with E-state index in [1.807, 2.05) is 0 Å². The van der Waals surface area contributed by atoms with E-state index >= 15 is 0 Å². The molecule has 4 heteroatoms. The van der Waals surface area contributed by atoms with Gasteiger partial charge in [0.2, 0.25) is 0 Å². The summed E-state index contributed by atoms with van der Waals surface area (Å²) in [4.78, 5) is 5.54. The summed E-state index contributed by atoms with van der Waals surface area (Å²) in [5, 5.41) is 7.98. The highest BCUT2D eigenvalue weighted by Crippen LogP contribution is 2.50. The van der Waals surface area contributed by atoms with E-state index in [-0.39, 0.29) is 0 Å². The van der Waals surface area contributed by atoms with Crippen molar-refractivity contribution in [1.82, 2.24) is 15.5 Å². The first kappa shape index (κ1) is 32.2. The molecule has 0 bridgehead atoms. The maximum Gasteiger partial charge on any atom is 0.0399 e. The zero-order chi connectivity index (χ0) is 33.8. The second-order valence-corrected chi connectivity index (χ2v) is 17.6. The summed E-state index contributed by atoms with van der Waals surface area (Å²) in [7, 11) is 0. The molecule has 4 aromatic carbocycles. The predicted molar refractivity (Wildman–Crippen MR) is 211 cm³/mol. The molecule has 2 aliphatic heterocycles. The van der Waals surface area contributed by atoms with Crippen molar-refractivity contribution in [3.63, 3.8) is 0 Å². The zero-order valence-electron chi connectivity index (χ0n) is 30.5. The van der Waals surface area contributed by atoms with Crippen LogP contribution in [0.5, 0.6) is 0 Å². The smallest absolute Gasteiger partial charge is 0.0399 e. The van der Waals surface area contributed by atoms with E-state index in [1.54, 1.807) is 16.7 Å². The number of aryl methyl sites for hydroxylation is 1. The quantitative estimate of drug-likeness (QED) is 0.148. The second kappa shape index (κ2) is 13.2. The van der Waals surface area contributed by atoms with E-state index in [9.17, 15) is 0 Å². The third-order valence-corrected chi connectivity index (χ3v) is 13.7. The molecule has 0 saturated heterocycles. The van der Waals surface area contributed by atoms with Crippen LogP contribution in [0, 0.1) is 10.8 Å². The lowest BCUT2D eigenvalue weighted by Crippen LogP contribution is -2.39. The first-order chi connectivity index (χ1) is 25.1. The lowest BCUT2D eigenvalue weighted by molar-refractivity contribution is 0.199. The van der Waals surface area contributed by atoms with Crippen LogP contribution in [-0.4, -0.2) is 56.3 Å². The molecule has 4 aromatic rings. The van der Waals surface area contributed by atoms with Crippen LogP contribution in [0.25, 0.3) is 11.1 Å². The Morgan fingerprint density at radius 2 is 1.27 bits per heavy atom. The largest absolute Gasteiger partial charge is 0.371 e. The molecular formula is C47H56N4. The standard InChI is InChI=1S/C47H56N4/c1-3-10-34(11-4-1)41-27-43(41)48-30-46(20-21-46)32-50-25-19-40-38(29-50)15-9-16-39(40)36-17-18-45-37(26-36)14-7-8-24-51(45)33-47(22-23-47)31-49-44-28-42(44)35-12-5-2-6-13-35/h1-6,9-13,15-18,26,41-44,48-49H,7-8,14,19-25,27-33H2/t41-,42?,43+,44+/m1/s1. The minimum atomic E-state index is 0.450. The summed E-state index contributed by atoms with van der Waals surface area (Å²) in [6.07, 6.45) is 13.1. The average molecular weight is 677 g/mol. The van der Waals surface area contributed by atoms with Crippen molar-refractivity contribution in [1.29, 1.82) is 0 Å². The van der Waals surface area contributed by atoms with Gasteiger partial charge in [-0.3, -0.25) is 4.90 Å². The first-order valence-corrected chi connectivity index (χ1v) is 20.4. The van der Waals surface area contributed by atoms with E-state index in [1.165, 1.54) is 131 Å². The van der Waals surface area contributed by atoms with E-state index in [0.717, 1.165) is 12.5 Å². The molecule has 4 nitrogen and oxygen atoms in total. The minimum Gasteiger partial charge on any atom is -0.371 e. The fourth-order valence-corrected chi connectivity index (χ4v) is 9.93. The molecule has 6 aliphatic rings. The van der Waals surface area contributed by atoms with Crippen molar-refractivity contribution >= 4 is 5.69 Å². The second-order valence-electron chi connectivity index (χ2n) is 17.6. The summed E-state index contributed by atoms with van der Waals surface area (Å²) in [6, 6.07) is 38.3. The zero-order valence-corrected chi connectivity index (χ0v) is 30.5. The van der Waals surface area contributed by atoms with Gasteiger partial charge in [-0.2, -0.15) is 0 Å². The summed E-state index contributed by atoms with van der Waals surface area (Å²) < 4.78 is 0. The van der Waals surface area contributed by atoms with Crippen molar-refractivity contribution in [3.05, 3.63) is 125 Å². The van der Waals surface area contributed by atoms with E-state index in [4.69, 9.17) is 0 Å². The molecular weight excluding hydrogens is 621 g/mol.